The fraction of sp³-hybridized carbons (Fsp3) is 0.385. The number of ether oxygens (including phenoxy) is 1. The van der Waals surface area contributed by atoms with E-state index in [1.54, 1.807) is 12.0 Å². The quantitative estimate of drug-likeness (QED) is 0.626. The third-order valence-corrected chi connectivity index (χ3v) is 5.65. The van der Waals surface area contributed by atoms with Crippen LogP contribution >= 0.6 is 0 Å². The molecule has 2 aromatic carbocycles. The molecule has 0 aliphatic carbocycles. The van der Waals surface area contributed by atoms with Crippen LogP contribution < -0.4 is 4.74 Å². The number of aliphatic hydroxyl groups is 1. The van der Waals surface area contributed by atoms with Gasteiger partial charge in [-0.2, -0.15) is 0 Å². The first-order valence-corrected chi connectivity index (χ1v) is 10.7. The van der Waals surface area contributed by atoms with Gasteiger partial charge in [-0.25, -0.2) is 0 Å². The molecular weight excluding hydrogens is 390 g/mol. The van der Waals surface area contributed by atoms with E-state index in [2.05, 4.69) is 13.8 Å². The summed E-state index contributed by atoms with van der Waals surface area (Å²) in [6.07, 6.45) is 0.274. The van der Waals surface area contributed by atoms with E-state index in [4.69, 9.17) is 4.74 Å². The van der Waals surface area contributed by atoms with Crippen molar-refractivity contribution in [2.24, 2.45) is 5.92 Å². The lowest BCUT2D eigenvalue weighted by Crippen LogP contribution is -2.31. The summed E-state index contributed by atoms with van der Waals surface area (Å²) >= 11 is 0. The topological polar surface area (TPSA) is 66.8 Å². The Morgan fingerprint density at radius 1 is 1.06 bits per heavy atom. The molecule has 0 radical (unpaired) electrons. The number of carbonyl (C=O) groups excluding carboxylic acids is 2. The first-order valence-electron chi connectivity index (χ1n) is 10.7. The minimum absolute atomic E-state index is 0.120. The van der Waals surface area contributed by atoms with Crippen molar-refractivity contribution in [2.45, 2.75) is 52.6 Å². The zero-order chi connectivity index (χ0) is 22.7. The number of aliphatic hydroxyl groups excluding tert-OH is 1. The second-order valence-corrected chi connectivity index (χ2v) is 8.75. The predicted molar refractivity (Wildman–Crippen MR) is 121 cm³/mol. The van der Waals surface area contributed by atoms with Gasteiger partial charge >= 0.3 is 0 Å². The predicted octanol–water partition coefficient (Wildman–Crippen LogP) is 5.33. The number of carbonyl (C=O) groups is 2. The van der Waals surface area contributed by atoms with Gasteiger partial charge in [0.1, 0.15) is 5.75 Å². The fourth-order valence-corrected chi connectivity index (χ4v) is 4.01. The van der Waals surface area contributed by atoms with Crippen LogP contribution in [0.25, 0.3) is 0 Å². The number of ketones is 1. The smallest absolute Gasteiger partial charge is 0.290 e. The zero-order valence-corrected chi connectivity index (χ0v) is 18.9. The molecule has 1 heterocycles. The van der Waals surface area contributed by atoms with Crippen molar-refractivity contribution in [3.8, 4) is 5.75 Å². The number of nitrogens with zero attached hydrogens (tertiary/aromatic N) is 1. The molecule has 0 bridgehead atoms. The summed E-state index contributed by atoms with van der Waals surface area (Å²) in [5.41, 5.74) is 2.98. The maximum absolute atomic E-state index is 13.1. The number of hydrogen-bond acceptors (Lipinski definition) is 4. The van der Waals surface area contributed by atoms with Crippen molar-refractivity contribution in [2.75, 3.05) is 7.11 Å². The second-order valence-electron chi connectivity index (χ2n) is 8.75. The number of amides is 1. The van der Waals surface area contributed by atoms with Crippen LogP contribution in [0, 0.1) is 5.92 Å². The molecule has 164 valence electrons. The molecule has 0 fully saturated rings. The summed E-state index contributed by atoms with van der Waals surface area (Å²) in [6, 6.07) is 14.8. The van der Waals surface area contributed by atoms with Crippen LogP contribution in [0.2, 0.25) is 0 Å². The summed E-state index contributed by atoms with van der Waals surface area (Å²) in [7, 11) is 1.58. The molecule has 1 atom stereocenters. The second kappa shape index (κ2) is 9.38. The highest BCUT2D eigenvalue weighted by atomic mass is 16.5. The standard InChI is InChI=1S/C26H31NO4/c1-16(2)14-21(28)23-24(19-12-10-18(11-13-19)17(3)4)27(26(30)25(23)29)15-20-8-6-7-9-22(20)31-5/h6-13,16-17,24,29H,14-15H2,1-5H3. The van der Waals surface area contributed by atoms with Crippen LogP contribution in [0.15, 0.2) is 59.9 Å². The number of benzene rings is 2. The molecule has 1 unspecified atom stereocenters. The molecule has 0 spiro atoms. The van der Waals surface area contributed by atoms with Crippen LogP contribution in [-0.4, -0.2) is 28.8 Å². The van der Waals surface area contributed by atoms with E-state index < -0.39 is 17.7 Å². The minimum Gasteiger partial charge on any atom is -0.503 e. The Balaban J connectivity index is 2.06. The number of hydrogen-bond donors (Lipinski definition) is 1. The van der Waals surface area contributed by atoms with Crippen molar-refractivity contribution >= 4 is 11.7 Å². The highest BCUT2D eigenvalue weighted by molar-refractivity contribution is 6.09. The molecule has 1 N–H and O–H groups in total. The first-order chi connectivity index (χ1) is 14.7. The Morgan fingerprint density at radius 3 is 2.29 bits per heavy atom. The lowest BCUT2D eigenvalue weighted by Gasteiger charge is -2.28. The maximum Gasteiger partial charge on any atom is 0.290 e. The molecule has 31 heavy (non-hydrogen) atoms. The van der Waals surface area contributed by atoms with Crippen molar-refractivity contribution in [1.82, 2.24) is 4.90 Å². The average Bonchev–Trinajstić information content (AvgIpc) is 2.98. The third kappa shape index (κ3) is 4.66. The van der Waals surface area contributed by atoms with E-state index in [1.165, 1.54) is 5.56 Å². The summed E-state index contributed by atoms with van der Waals surface area (Å²) in [5.74, 6) is -0.0218. The van der Waals surface area contributed by atoms with E-state index in [0.29, 0.717) is 11.7 Å². The van der Waals surface area contributed by atoms with Crippen LogP contribution in [0.4, 0.5) is 0 Å². The van der Waals surface area contributed by atoms with Crippen molar-refractivity contribution < 1.29 is 19.4 Å². The number of para-hydroxylation sites is 1. The number of rotatable bonds is 8. The van der Waals surface area contributed by atoms with E-state index >= 15 is 0 Å². The van der Waals surface area contributed by atoms with Crippen molar-refractivity contribution in [1.29, 1.82) is 0 Å². The van der Waals surface area contributed by atoms with Gasteiger partial charge in [-0.05, 0) is 29.0 Å². The molecule has 5 heteroatoms. The van der Waals surface area contributed by atoms with Gasteiger partial charge < -0.3 is 14.7 Å². The van der Waals surface area contributed by atoms with E-state index in [0.717, 1.165) is 11.1 Å². The lowest BCUT2D eigenvalue weighted by atomic mass is 9.90. The van der Waals surface area contributed by atoms with E-state index in [1.807, 2.05) is 62.4 Å². The van der Waals surface area contributed by atoms with Gasteiger partial charge in [0.2, 0.25) is 0 Å². The minimum atomic E-state index is -0.634. The summed E-state index contributed by atoms with van der Waals surface area (Å²) in [6.45, 7) is 8.36. The highest BCUT2D eigenvalue weighted by Gasteiger charge is 2.43. The molecule has 1 amide bonds. The average molecular weight is 422 g/mol. The van der Waals surface area contributed by atoms with Gasteiger partial charge in [0.25, 0.3) is 5.91 Å². The SMILES string of the molecule is COc1ccccc1CN1C(=O)C(O)=C(C(=O)CC(C)C)C1c1ccc(C(C)C)cc1. The lowest BCUT2D eigenvalue weighted by molar-refractivity contribution is -0.130. The van der Waals surface area contributed by atoms with E-state index in [9.17, 15) is 14.7 Å². The van der Waals surface area contributed by atoms with Gasteiger partial charge in [0, 0.05) is 12.0 Å². The van der Waals surface area contributed by atoms with Gasteiger partial charge in [0.05, 0.1) is 25.3 Å². The van der Waals surface area contributed by atoms with Crippen LogP contribution in [0.1, 0.15) is 62.8 Å². The van der Waals surface area contributed by atoms with Crippen LogP contribution in [0.5, 0.6) is 5.75 Å². The normalized spacial score (nSPS) is 16.5. The molecule has 3 rings (SSSR count). The molecule has 1 aliphatic heterocycles. The Bertz CT molecular complexity index is 989. The van der Waals surface area contributed by atoms with Gasteiger partial charge in [-0.1, -0.05) is 70.2 Å². The largest absolute Gasteiger partial charge is 0.503 e. The van der Waals surface area contributed by atoms with Gasteiger partial charge in [0.15, 0.2) is 11.5 Å². The third-order valence-electron chi connectivity index (χ3n) is 5.65. The highest BCUT2D eigenvalue weighted by Crippen LogP contribution is 2.40. The Morgan fingerprint density at radius 2 is 1.71 bits per heavy atom. The van der Waals surface area contributed by atoms with Crippen LogP contribution in [-0.2, 0) is 16.1 Å². The van der Waals surface area contributed by atoms with Crippen molar-refractivity contribution in [3.05, 3.63) is 76.6 Å². The molecule has 5 nitrogen and oxygen atoms in total. The summed E-state index contributed by atoms with van der Waals surface area (Å²) in [5, 5.41) is 10.7. The van der Waals surface area contributed by atoms with Gasteiger partial charge in [-0.15, -0.1) is 0 Å². The van der Waals surface area contributed by atoms with E-state index in [-0.39, 0.29) is 30.2 Å². The number of methoxy groups -OCH3 is 1. The Hall–Kier alpha value is -3.08. The molecule has 2 aromatic rings. The molecule has 0 aromatic heterocycles. The molecule has 1 aliphatic rings. The summed E-state index contributed by atoms with van der Waals surface area (Å²) < 4.78 is 5.45. The zero-order valence-electron chi connectivity index (χ0n) is 18.9. The maximum atomic E-state index is 13.1. The molecule has 0 saturated carbocycles. The Labute approximate surface area is 184 Å². The number of Topliss-reactive ketones (excluding diaryl/α,β-unsaturated/α-hetero) is 1. The summed E-state index contributed by atoms with van der Waals surface area (Å²) in [4.78, 5) is 27.7. The molecule has 0 saturated heterocycles. The van der Waals surface area contributed by atoms with Crippen LogP contribution in [0.3, 0.4) is 0 Å². The molecular formula is C26H31NO4. The Kier molecular flexibility index (Phi) is 6.84. The first kappa shape index (κ1) is 22.6. The fourth-order valence-electron chi connectivity index (χ4n) is 4.01. The van der Waals surface area contributed by atoms with Crippen molar-refractivity contribution in [3.63, 3.8) is 0 Å². The van der Waals surface area contributed by atoms with Gasteiger partial charge in [-0.3, -0.25) is 9.59 Å². The monoisotopic (exact) mass is 421 g/mol.